The van der Waals surface area contributed by atoms with Gasteiger partial charge in [-0.05, 0) is 38.5 Å². The van der Waals surface area contributed by atoms with Gasteiger partial charge in [0.15, 0.2) is 0 Å². The smallest absolute Gasteiger partial charge is 0.313 e. The molecule has 0 bridgehead atoms. The minimum atomic E-state index is -0.448. The second-order valence-corrected chi connectivity index (χ2v) is 5.94. The lowest BCUT2D eigenvalue weighted by Gasteiger charge is -2.36. The van der Waals surface area contributed by atoms with Crippen LogP contribution in [0.15, 0.2) is 0 Å². The lowest BCUT2D eigenvalue weighted by atomic mass is 9.72. The third-order valence-corrected chi connectivity index (χ3v) is 3.90. The van der Waals surface area contributed by atoms with E-state index in [1.807, 2.05) is 6.92 Å². The second kappa shape index (κ2) is 6.39. The van der Waals surface area contributed by atoms with Crippen molar-refractivity contribution in [3.63, 3.8) is 0 Å². The largest absolute Gasteiger partial charge is 0.465 e. The van der Waals surface area contributed by atoms with Crippen LogP contribution in [-0.2, 0) is 9.53 Å². The third kappa shape index (κ3) is 3.98. The summed E-state index contributed by atoms with van der Waals surface area (Å²) in [5, 5.41) is 0. The highest BCUT2D eigenvalue weighted by atomic mass is 16.5. The molecule has 1 saturated carbocycles. The molecule has 0 aromatic rings. The molecule has 0 aliphatic heterocycles. The third-order valence-electron chi connectivity index (χ3n) is 3.90. The van der Waals surface area contributed by atoms with Crippen LogP contribution in [0.1, 0.15) is 59.3 Å². The summed E-state index contributed by atoms with van der Waals surface area (Å²) in [5.74, 6) is 0.578. The van der Waals surface area contributed by atoms with Gasteiger partial charge in [-0.15, -0.1) is 0 Å². The number of hydrogen-bond acceptors (Lipinski definition) is 3. The number of nitrogens with two attached hydrogens (primary N) is 1. The SMILES string of the molecule is CC(C)CCCOC(=O)C1(C)CCCCC1N. The van der Waals surface area contributed by atoms with Crippen molar-refractivity contribution in [2.75, 3.05) is 6.61 Å². The summed E-state index contributed by atoms with van der Waals surface area (Å²) in [5.41, 5.74) is 5.62. The van der Waals surface area contributed by atoms with E-state index in [4.69, 9.17) is 10.5 Å². The highest BCUT2D eigenvalue weighted by molar-refractivity contribution is 5.77. The van der Waals surface area contributed by atoms with Gasteiger partial charge >= 0.3 is 5.97 Å². The van der Waals surface area contributed by atoms with Crippen LogP contribution in [0.5, 0.6) is 0 Å². The standard InChI is InChI=1S/C14H27NO2/c1-11(2)7-6-10-17-13(16)14(3)9-5-4-8-12(14)15/h11-12H,4-10,15H2,1-3H3. The fourth-order valence-corrected chi connectivity index (χ4v) is 2.44. The van der Waals surface area contributed by atoms with Gasteiger partial charge in [-0.3, -0.25) is 4.79 Å². The van der Waals surface area contributed by atoms with Crippen molar-refractivity contribution in [2.24, 2.45) is 17.1 Å². The van der Waals surface area contributed by atoms with E-state index in [0.717, 1.165) is 38.5 Å². The number of carbonyl (C=O) groups excluding carboxylic acids is 1. The van der Waals surface area contributed by atoms with Gasteiger partial charge in [0, 0.05) is 6.04 Å². The average Bonchev–Trinajstić information content (AvgIpc) is 2.28. The van der Waals surface area contributed by atoms with Crippen LogP contribution in [0.3, 0.4) is 0 Å². The van der Waals surface area contributed by atoms with Gasteiger partial charge in [0.2, 0.25) is 0 Å². The van der Waals surface area contributed by atoms with Gasteiger partial charge in [0.25, 0.3) is 0 Å². The summed E-state index contributed by atoms with van der Waals surface area (Å²) in [4.78, 5) is 12.1. The number of ether oxygens (including phenoxy) is 1. The molecule has 0 saturated heterocycles. The maximum Gasteiger partial charge on any atom is 0.313 e. The highest BCUT2D eigenvalue weighted by Gasteiger charge is 2.42. The Hall–Kier alpha value is -0.570. The van der Waals surface area contributed by atoms with Crippen molar-refractivity contribution < 1.29 is 9.53 Å². The first-order valence-electron chi connectivity index (χ1n) is 6.89. The first-order chi connectivity index (χ1) is 7.97. The fraction of sp³-hybridized carbons (Fsp3) is 0.929. The Labute approximate surface area is 105 Å². The van der Waals surface area contributed by atoms with Crippen molar-refractivity contribution in [1.82, 2.24) is 0 Å². The van der Waals surface area contributed by atoms with Gasteiger partial charge in [-0.1, -0.05) is 26.7 Å². The van der Waals surface area contributed by atoms with E-state index in [1.54, 1.807) is 0 Å². The predicted molar refractivity (Wildman–Crippen MR) is 69.6 cm³/mol. The van der Waals surface area contributed by atoms with Gasteiger partial charge in [-0.2, -0.15) is 0 Å². The summed E-state index contributed by atoms with van der Waals surface area (Å²) in [6.07, 6.45) is 6.10. The molecule has 17 heavy (non-hydrogen) atoms. The zero-order valence-corrected chi connectivity index (χ0v) is 11.5. The Balaban J connectivity index is 2.35. The number of carbonyl (C=O) groups is 1. The van der Waals surface area contributed by atoms with E-state index in [2.05, 4.69) is 13.8 Å². The van der Waals surface area contributed by atoms with Crippen molar-refractivity contribution in [3.8, 4) is 0 Å². The number of hydrogen-bond donors (Lipinski definition) is 1. The van der Waals surface area contributed by atoms with E-state index < -0.39 is 5.41 Å². The molecule has 0 aromatic heterocycles. The molecule has 1 aliphatic rings. The van der Waals surface area contributed by atoms with Gasteiger partial charge in [-0.25, -0.2) is 0 Å². The summed E-state index contributed by atoms with van der Waals surface area (Å²) >= 11 is 0. The van der Waals surface area contributed by atoms with Crippen molar-refractivity contribution in [2.45, 2.75) is 65.3 Å². The number of rotatable bonds is 5. The average molecular weight is 241 g/mol. The van der Waals surface area contributed by atoms with E-state index in [1.165, 1.54) is 0 Å². The van der Waals surface area contributed by atoms with E-state index in [-0.39, 0.29) is 12.0 Å². The van der Waals surface area contributed by atoms with E-state index in [0.29, 0.717) is 12.5 Å². The molecular weight excluding hydrogens is 214 g/mol. The zero-order valence-electron chi connectivity index (χ0n) is 11.5. The van der Waals surface area contributed by atoms with Crippen molar-refractivity contribution in [3.05, 3.63) is 0 Å². The molecule has 2 N–H and O–H groups in total. The maximum atomic E-state index is 12.1. The Morgan fingerprint density at radius 3 is 2.76 bits per heavy atom. The molecule has 2 unspecified atom stereocenters. The second-order valence-electron chi connectivity index (χ2n) is 5.94. The molecule has 1 rings (SSSR count). The maximum absolute atomic E-state index is 12.1. The topological polar surface area (TPSA) is 52.3 Å². The van der Waals surface area contributed by atoms with Crippen LogP contribution >= 0.6 is 0 Å². The Morgan fingerprint density at radius 2 is 2.18 bits per heavy atom. The summed E-state index contributed by atoms with van der Waals surface area (Å²) < 4.78 is 5.39. The lowest BCUT2D eigenvalue weighted by molar-refractivity contribution is -0.158. The van der Waals surface area contributed by atoms with Crippen LogP contribution in [0.2, 0.25) is 0 Å². The number of esters is 1. The van der Waals surface area contributed by atoms with Gasteiger partial charge in [0.05, 0.1) is 12.0 Å². The molecule has 3 heteroatoms. The molecule has 3 nitrogen and oxygen atoms in total. The molecule has 0 aromatic carbocycles. The Morgan fingerprint density at radius 1 is 1.47 bits per heavy atom. The molecule has 0 spiro atoms. The molecule has 0 heterocycles. The monoisotopic (exact) mass is 241 g/mol. The van der Waals surface area contributed by atoms with Crippen LogP contribution in [0.4, 0.5) is 0 Å². The minimum absolute atomic E-state index is 0.0335. The van der Waals surface area contributed by atoms with E-state index >= 15 is 0 Å². The predicted octanol–water partition coefficient (Wildman–Crippen LogP) is 2.87. The molecule has 100 valence electrons. The van der Waals surface area contributed by atoms with E-state index in [9.17, 15) is 4.79 Å². The van der Waals surface area contributed by atoms with Crippen LogP contribution in [-0.4, -0.2) is 18.6 Å². The molecule has 1 fully saturated rings. The van der Waals surface area contributed by atoms with Crippen molar-refractivity contribution in [1.29, 1.82) is 0 Å². The fourth-order valence-electron chi connectivity index (χ4n) is 2.44. The minimum Gasteiger partial charge on any atom is -0.465 e. The first kappa shape index (κ1) is 14.5. The van der Waals surface area contributed by atoms with Crippen LogP contribution in [0.25, 0.3) is 0 Å². The molecule has 0 radical (unpaired) electrons. The molecule has 0 amide bonds. The lowest BCUT2D eigenvalue weighted by Crippen LogP contribution is -2.48. The normalized spacial score (nSPS) is 29.4. The summed E-state index contributed by atoms with van der Waals surface area (Å²) in [7, 11) is 0. The first-order valence-corrected chi connectivity index (χ1v) is 6.89. The molecular formula is C14H27NO2. The van der Waals surface area contributed by atoms with Gasteiger partial charge < -0.3 is 10.5 Å². The molecule has 2 atom stereocenters. The van der Waals surface area contributed by atoms with Crippen molar-refractivity contribution >= 4 is 5.97 Å². The van der Waals surface area contributed by atoms with Crippen LogP contribution < -0.4 is 5.73 Å². The Kier molecular flexibility index (Phi) is 5.44. The van der Waals surface area contributed by atoms with Gasteiger partial charge in [0.1, 0.15) is 0 Å². The highest BCUT2D eigenvalue weighted by Crippen LogP contribution is 2.36. The summed E-state index contributed by atoms with van der Waals surface area (Å²) in [6.45, 7) is 6.86. The summed E-state index contributed by atoms with van der Waals surface area (Å²) in [6, 6.07) is -0.0335. The Bertz CT molecular complexity index is 253. The zero-order chi connectivity index (χ0) is 12.9. The quantitative estimate of drug-likeness (QED) is 0.595. The van der Waals surface area contributed by atoms with Crippen LogP contribution in [0, 0.1) is 11.3 Å². The molecule has 1 aliphatic carbocycles.